The lowest BCUT2D eigenvalue weighted by atomic mass is 9.93. The van der Waals surface area contributed by atoms with Crippen LogP contribution in [0.3, 0.4) is 0 Å². The maximum Gasteiger partial charge on any atom is 0.243 e. The Morgan fingerprint density at radius 1 is 0.884 bits per heavy atom. The zero-order valence-electron chi connectivity index (χ0n) is 24.9. The topological polar surface area (TPSA) is 78.0 Å². The van der Waals surface area contributed by atoms with Crippen LogP contribution in [0.4, 0.5) is 4.39 Å². The largest absolute Gasteiger partial charge is 0.342 e. The summed E-state index contributed by atoms with van der Waals surface area (Å²) in [5.74, 6) is -0.768. The van der Waals surface area contributed by atoms with Gasteiger partial charge >= 0.3 is 0 Å². The van der Waals surface area contributed by atoms with E-state index in [4.69, 9.17) is 0 Å². The molecule has 1 aliphatic heterocycles. The average molecular weight is 606 g/mol. The molecule has 2 aliphatic rings. The van der Waals surface area contributed by atoms with Crippen LogP contribution in [0.2, 0.25) is 0 Å². The zero-order chi connectivity index (χ0) is 30.6. The van der Waals surface area contributed by atoms with Crippen molar-refractivity contribution in [3.63, 3.8) is 0 Å². The van der Waals surface area contributed by atoms with Crippen LogP contribution in [0.25, 0.3) is 0 Å². The molecule has 228 valence electrons. The summed E-state index contributed by atoms with van der Waals surface area (Å²) in [6.45, 7) is 4.91. The minimum Gasteiger partial charge on any atom is -0.342 e. The highest BCUT2D eigenvalue weighted by molar-refractivity contribution is 7.89. The Balaban J connectivity index is 1.33. The fourth-order valence-corrected chi connectivity index (χ4v) is 7.54. The number of likely N-dealkylation sites (tertiary alicyclic amines) is 1. The molecule has 1 heterocycles. The van der Waals surface area contributed by atoms with Gasteiger partial charge in [-0.3, -0.25) is 9.59 Å². The molecule has 2 fully saturated rings. The summed E-state index contributed by atoms with van der Waals surface area (Å²) in [6, 6.07) is 22.2. The molecule has 9 heteroatoms. The van der Waals surface area contributed by atoms with Gasteiger partial charge in [0.25, 0.3) is 0 Å². The Labute approximate surface area is 254 Å². The van der Waals surface area contributed by atoms with Gasteiger partial charge in [-0.1, -0.05) is 67.1 Å². The number of carbonyl (C=O) groups is 2. The maximum absolute atomic E-state index is 14.0. The Hall–Kier alpha value is -3.56. The number of rotatable bonds is 11. The van der Waals surface area contributed by atoms with Gasteiger partial charge in [0.2, 0.25) is 21.8 Å². The summed E-state index contributed by atoms with van der Waals surface area (Å²) >= 11 is 0. The molecular weight excluding hydrogens is 565 g/mol. The van der Waals surface area contributed by atoms with Crippen molar-refractivity contribution < 1.29 is 22.4 Å². The number of hydrogen-bond donors (Lipinski definition) is 0. The Kier molecular flexibility index (Phi) is 9.62. The Morgan fingerprint density at radius 3 is 2.09 bits per heavy atom. The van der Waals surface area contributed by atoms with Gasteiger partial charge in [-0.05, 0) is 74.4 Å². The quantitative estimate of drug-likeness (QED) is 0.289. The smallest absolute Gasteiger partial charge is 0.243 e. The molecule has 1 saturated heterocycles. The second kappa shape index (κ2) is 13.4. The van der Waals surface area contributed by atoms with Gasteiger partial charge in [-0.15, -0.1) is 0 Å². The summed E-state index contributed by atoms with van der Waals surface area (Å²) in [7, 11) is -3.87. The molecule has 7 nitrogen and oxygen atoms in total. The monoisotopic (exact) mass is 605 g/mol. The van der Waals surface area contributed by atoms with E-state index in [0.29, 0.717) is 32.4 Å². The van der Waals surface area contributed by atoms with Crippen LogP contribution in [0, 0.1) is 12.7 Å². The molecular formula is C34H40FN3O4S. The van der Waals surface area contributed by atoms with E-state index in [0.717, 1.165) is 29.5 Å². The minimum absolute atomic E-state index is 0.0904. The molecule has 0 radical (unpaired) electrons. The van der Waals surface area contributed by atoms with Crippen molar-refractivity contribution in [2.75, 3.05) is 19.6 Å². The van der Waals surface area contributed by atoms with Gasteiger partial charge < -0.3 is 9.80 Å². The van der Waals surface area contributed by atoms with Crippen molar-refractivity contribution in [3.05, 3.63) is 101 Å². The van der Waals surface area contributed by atoms with E-state index < -0.39 is 10.0 Å². The lowest BCUT2D eigenvalue weighted by Gasteiger charge is -2.40. The first-order chi connectivity index (χ1) is 20.7. The summed E-state index contributed by atoms with van der Waals surface area (Å²) in [6.07, 6.45) is 3.30. The van der Waals surface area contributed by atoms with Gasteiger partial charge in [-0.25, -0.2) is 12.8 Å². The summed E-state index contributed by atoms with van der Waals surface area (Å²) < 4.78 is 42.3. The van der Waals surface area contributed by atoms with Gasteiger partial charge in [0.1, 0.15) is 5.82 Å². The van der Waals surface area contributed by atoms with Crippen LogP contribution in [0.1, 0.15) is 61.6 Å². The third-order valence-corrected chi connectivity index (χ3v) is 10.5. The second-order valence-corrected chi connectivity index (χ2v) is 13.6. The number of halogens is 1. The number of carbonyl (C=O) groups excluding carboxylic acids is 2. The standard InChI is InChI=1S/C34H40FN3O4S/c1-3-32(27-7-5-4-6-8-27)34(40)36-21-19-29(20-22-36)37(23-26-11-13-28(35)14-12-26)33(39)24-38(30-15-16-30)43(41,42)31-17-9-25(2)10-18-31/h4-14,17-18,29-30,32H,3,15-16,19-24H2,1-2H3/t32-/m1/s1. The number of nitrogens with zero attached hydrogens (tertiary/aromatic N) is 3. The highest BCUT2D eigenvalue weighted by Crippen LogP contribution is 2.33. The van der Waals surface area contributed by atoms with Crippen molar-refractivity contribution in [3.8, 4) is 0 Å². The molecule has 1 atom stereocenters. The van der Waals surface area contributed by atoms with E-state index in [1.807, 2.05) is 49.1 Å². The highest BCUT2D eigenvalue weighted by atomic mass is 32.2. The van der Waals surface area contributed by atoms with E-state index in [9.17, 15) is 22.4 Å². The van der Waals surface area contributed by atoms with Crippen molar-refractivity contribution in [2.45, 2.75) is 75.4 Å². The molecule has 0 spiro atoms. The predicted molar refractivity (Wildman–Crippen MR) is 164 cm³/mol. The van der Waals surface area contributed by atoms with E-state index >= 15 is 0 Å². The van der Waals surface area contributed by atoms with Crippen LogP contribution in [-0.2, 0) is 26.2 Å². The van der Waals surface area contributed by atoms with Crippen LogP contribution in [0.5, 0.6) is 0 Å². The lowest BCUT2D eigenvalue weighted by Crippen LogP contribution is -2.52. The normalized spacial score (nSPS) is 16.7. The minimum atomic E-state index is -3.87. The first-order valence-electron chi connectivity index (χ1n) is 15.1. The van der Waals surface area contributed by atoms with Crippen molar-refractivity contribution in [1.29, 1.82) is 0 Å². The molecule has 0 bridgehead atoms. The van der Waals surface area contributed by atoms with Crippen molar-refractivity contribution >= 4 is 21.8 Å². The predicted octanol–water partition coefficient (Wildman–Crippen LogP) is 5.50. The number of piperidine rings is 1. The fraction of sp³-hybridized carbons (Fsp3) is 0.412. The maximum atomic E-state index is 14.0. The van der Waals surface area contributed by atoms with Crippen LogP contribution < -0.4 is 0 Å². The number of aryl methyl sites for hydroxylation is 1. The molecule has 3 aromatic rings. The van der Waals surface area contributed by atoms with E-state index in [2.05, 4.69) is 0 Å². The highest BCUT2D eigenvalue weighted by Gasteiger charge is 2.41. The van der Waals surface area contributed by atoms with E-state index in [-0.39, 0.29) is 53.6 Å². The molecule has 0 unspecified atom stereocenters. The third-order valence-electron chi connectivity index (χ3n) is 8.58. The molecule has 1 aliphatic carbocycles. The molecule has 43 heavy (non-hydrogen) atoms. The van der Waals surface area contributed by atoms with Gasteiger partial charge in [0.15, 0.2) is 0 Å². The molecule has 0 N–H and O–H groups in total. The Morgan fingerprint density at radius 2 is 1.51 bits per heavy atom. The summed E-state index contributed by atoms with van der Waals surface area (Å²) in [4.78, 5) is 31.3. The summed E-state index contributed by atoms with van der Waals surface area (Å²) in [5.41, 5.74) is 2.72. The first-order valence-corrected chi connectivity index (χ1v) is 16.6. The van der Waals surface area contributed by atoms with Crippen LogP contribution in [0.15, 0.2) is 83.8 Å². The number of benzene rings is 3. The fourth-order valence-electron chi connectivity index (χ4n) is 5.91. The average Bonchev–Trinajstić information content (AvgIpc) is 3.86. The molecule has 0 aromatic heterocycles. The number of amides is 2. The zero-order valence-corrected chi connectivity index (χ0v) is 25.7. The van der Waals surface area contributed by atoms with Gasteiger partial charge in [0, 0.05) is 31.7 Å². The second-order valence-electron chi connectivity index (χ2n) is 11.7. The molecule has 1 saturated carbocycles. The van der Waals surface area contributed by atoms with E-state index in [1.54, 1.807) is 41.3 Å². The van der Waals surface area contributed by atoms with Crippen molar-refractivity contribution in [2.24, 2.45) is 0 Å². The number of sulfonamides is 1. The third kappa shape index (κ3) is 7.33. The van der Waals surface area contributed by atoms with Gasteiger partial charge in [-0.2, -0.15) is 4.31 Å². The Bertz CT molecular complexity index is 1500. The van der Waals surface area contributed by atoms with Crippen LogP contribution >= 0.6 is 0 Å². The molecule has 5 rings (SSSR count). The lowest BCUT2D eigenvalue weighted by molar-refractivity contribution is -0.138. The van der Waals surface area contributed by atoms with Crippen molar-refractivity contribution in [1.82, 2.24) is 14.1 Å². The van der Waals surface area contributed by atoms with Gasteiger partial charge in [0.05, 0.1) is 17.4 Å². The summed E-state index contributed by atoms with van der Waals surface area (Å²) in [5, 5.41) is 0. The van der Waals surface area contributed by atoms with Crippen LogP contribution in [-0.4, -0.2) is 66.1 Å². The SMILES string of the molecule is CC[C@@H](C(=O)N1CCC(N(Cc2ccc(F)cc2)C(=O)CN(C2CC2)S(=O)(=O)c2ccc(C)cc2)CC1)c1ccccc1. The molecule has 3 aromatic carbocycles. The molecule has 2 amide bonds. The number of hydrogen-bond acceptors (Lipinski definition) is 4. The van der Waals surface area contributed by atoms with E-state index in [1.165, 1.54) is 16.4 Å². The first kappa shape index (κ1) is 30.9.